The highest BCUT2D eigenvalue weighted by molar-refractivity contribution is 7.89. The zero-order chi connectivity index (χ0) is 17.3. The van der Waals surface area contributed by atoms with Crippen molar-refractivity contribution in [3.05, 3.63) is 65.9 Å². The molecule has 0 fully saturated rings. The van der Waals surface area contributed by atoms with Crippen molar-refractivity contribution in [2.24, 2.45) is 5.14 Å². The maximum atomic E-state index is 12.6. The molecule has 0 radical (unpaired) electrons. The van der Waals surface area contributed by atoms with Gasteiger partial charge in [0.25, 0.3) is 5.91 Å². The molecule has 1 amide bonds. The quantitative estimate of drug-likeness (QED) is 0.764. The number of para-hydroxylation sites is 1. The van der Waals surface area contributed by atoms with E-state index in [9.17, 15) is 13.2 Å². The van der Waals surface area contributed by atoms with E-state index >= 15 is 0 Å². The second kappa shape index (κ2) is 6.03. The Bertz CT molecular complexity index is 1050. The van der Waals surface area contributed by atoms with Crippen molar-refractivity contribution in [2.45, 2.75) is 11.8 Å². The Hall–Kier alpha value is -2.77. The van der Waals surface area contributed by atoms with Crippen molar-refractivity contribution < 1.29 is 13.2 Å². The molecule has 122 valence electrons. The van der Waals surface area contributed by atoms with E-state index in [4.69, 9.17) is 5.14 Å². The van der Waals surface area contributed by atoms with Gasteiger partial charge in [0.15, 0.2) is 0 Å². The van der Waals surface area contributed by atoms with Gasteiger partial charge in [0.2, 0.25) is 10.0 Å². The fourth-order valence-electron chi connectivity index (χ4n) is 2.44. The van der Waals surface area contributed by atoms with E-state index in [1.54, 1.807) is 12.1 Å². The Morgan fingerprint density at radius 3 is 2.58 bits per heavy atom. The highest BCUT2D eigenvalue weighted by Crippen LogP contribution is 2.20. The molecule has 0 aliphatic rings. The Balaban J connectivity index is 2.00. The smallest absolute Gasteiger partial charge is 0.256 e. The zero-order valence-electron chi connectivity index (χ0n) is 12.9. The van der Waals surface area contributed by atoms with Gasteiger partial charge in [-0.3, -0.25) is 9.78 Å². The van der Waals surface area contributed by atoms with Crippen molar-refractivity contribution in [2.75, 3.05) is 5.32 Å². The van der Waals surface area contributed by atoms with Gasteiger partial charge in [-0.2, -0.15) is 0 Å². The number of primary sulfonamides is 1. The van der Waals surface area contributed by atoms with Crippen LogP contribution in [0.15, 0.2) is 59.5 Å². The molecule has 0 aliphatic carbocycles. The summed E-state index contributed by atoms with van der Waals surface area (Å²) in [6.07, 6.45) is 0. The molecule has 0 spiro atoms. The van der Waals surface area contributed by atoms with Crippen molar-refractivity contribution in [3.8, 4) is 0 Å². The summed E-state index contributed by atoms with van der Waals surface area (Å²) in [5.41, 5.74) is 2.27. The molecule has 3 N–H and O–H groups in total. The summed E-state index contributed by atoms with van der Waals surface area (Å²) in [6, 6.07) is 14.8. The molecule has 1 aromatic heterocycles. The van der Waals surface area contributed by atoms with Crippen LogP contribution in [-0.4, -0.2) is 19.3 Å². The van der Waals surface area contributed by atoms with Crippen LogP contribution >= 0.6 is 0 Å². The Labute approximate surface area is 139 Å². The summed E-state index contributed by atoms with van der Waals surface area (Å²) >= 11 is 0. The second-order valence-corrected chi connectivity index (χ2v) is 6.92. The average Bonchev–Trinajstić information content (AvgIpc) is 2.53. The monoisotopic (exact) mass is 341 g/mol. The number of rotatable bonds is 3. The lowest BCUT2D eigenvalue weighted by Crippen LogP contribution is -2.15. The van der Waals surface area contributed by atoms with Crippen LogP contribution < -0.4 is 10.5 Å². The first kappa shape index (κ1) is 16.1. The molecule has 24 heavy (non-hydrogen) atoms. The SMILES string of the molecule is Cc1cc(C(=O)Nc2cccc(S(N)(=O)=O)c2)c2ccccc2n1. The summed E-state index contributed by atoms with van der Waals surface area (Å²) in [4.78, 5) is 17.0. The third-order valence-electron chi connectivity index (χ3n) is 3.51. The first-order valence-electron chi connectivity index (χ1n) is 7.15. The number of aryl methyl sites for hydroxylation is 1. The molecule has 0 aliphatic heterocycles. The fraction of sp³-hybridized carbons (Fsp3) is 0.0588. The maximum absolute atomic E-state index is 12.6. The van der Waals surface area contributed by atoms with Crippen molar-refractivity contribution >= 4 is 32.5 Å². The number of pyridine rings is 1. The van der Waals surface area contributed by atoms with E-state index < -0.39 is 10.0 Å². The molecule has 2 aromatic carbocycles. The number of fused-ring (bicyclic) bond motifs is 1. The summed E-state index contributed by atoms with van der Waals surface area (Å²) in [7, 11) is -3.83. The standard InChI is InChI=1S/C17H15N3O3S/c1-11-9-15(14-7-2-3-8-16(14)19-11)17(21)20-12-5-4-6-13(10-12)24(18,22)23/h2-10H,1H3,(H,20,21)(H2,18,22,23). The molecule has 0 atom stereocenters. The number of sulfonamides is 1. The van der Waals surface area contributed by atoms with Crippen LogP contribution in [0.3, 0.4) is 0 Å². The van der Waals surface area contributed by atoms with Gasteiger partial charge in [-0.05, 0) is 37.3 Å². The van der Waals surface area contributed by atoms with Crippen LogP contribution in [0, 0.1) is 6.92 Å². The number of hydrogen-bond donors (Lipinski definition) is 2. The number of aromatic nitrogens is 1. The minimum atomic E-state index is -3.83. The molecule has 0 unspecified atom stereocenters. The highest BCUT2D eigenvalue weighted by Gasteiger charge is 2.14. The molecule has 0 saturated carbocycles. The van der Waals surface area contributed by atoms with E-state index in [0.29, 0.717) is 11.3 Å². The lowest BCUT2D eigenvalue weighted by atomic mass is 10.1. The highest BCUT2D eigenvalue weighted by atomic mass is 32.2. The Morgan fingerprint density at radius 2 is 1.83 bits per heavy atom. The number of carbonyl (C=O) groups is 1. The van der Waals surface area contributed by atoms with Gasteiger partial charge in [-0.15, -0.1) is 0 Å². The summed E-state index contributed by atoms with van der Waals surface area (Å²) < 4.78 is 22.8. The lowest BCUT2D eigenvalue weighted by molar-refractivity contribution is 0.102. The first-order chi connectivity index (χ1) is 11.3. The predicted molar refractivity (Wildman–Crippen MR) is 92.2 cm³/mol. The topological polar surface area (TPSA) is 102 Å². The average molecular weight is 341 g/mol. The number of nitrogens with zero attached hydrogens (tertiary/aromatic N) is 1. The van der Waals surface area contributed by atoms with Crippen LogP contribution in [0.25, 0.3) is 10.9 Å². The summed E-state index contributed by atoms with van der Waals surface area (Å²) in [5.74, 6) is -0.344. The molecule has 1 heterocycles. The number of nitrogens with one attached hydrogen (secondary N) is 1. The Kier molecular flexibility index (Phi) is 4.04. The Morgan fingerprint density at radius 1 is 1.08 bits per heavy atom. The van der Waals surface area contributed by atoms with Gasteiger partial charge in [0.05, 0.1) is 16.0 Å². The minimum absolute atomic E-state index is 0.0592. The van der Waals surface area contributed by atoms with E-state index in [0.717, 1.165) is 16.6 Å². The molecule has 3 rings (SSSR count). The van der Waals surface area contributed by atoms with Gasteiger partial charge in [0.1, 0.15) is 0 Å². The van der Waals surface area contributed by atoms with Crippen molar-refractivity contribution in [3.63, 3.8) is 0 Å². The number of anilines is 1. The van der Waals surface area contributed by atoms with E-state index in [-0.39, 0.29) is 10.8 Å². The van der Waals surface area contributed by atoms with Crippen LogP contribution in [0.2, 0.25) is 0 Å². The van der Waals surface area contributed by atoms with Gasteiger partial charge >= 0.3 is 0 Å². The lowest BCUT2D eigenvalue weighted by Gasteiger charge is -2.10. The third kappa shape index (κ3) is 3.27. The number of carbonyl (C=O) groups excluding carboxylic acids is 1. The van der Waals surface area contributed by atoms with E-state index in [1.165, 1.54) is 18.2 Å². The van der Waals surface area contributed by atoms with Crippen molar-refractivity contribution in [1.29, 1.82) is 0 Å². The minimum Gasteiger partial charge on any atom is -0.322 e. The second-order valence-electron chi connectivity index (χ2n) is 5.36. The molecule has 6 nitrogen and oxygen atoms in total. The van der Waals surface area contributed by atoms with Gasteiger partial charge in [-0.25, -0.2) is 13.6 Å². The first-order valence-corrected chi connectivity index (χ1v) is 8.70. The molecular formula is C17H15N3O3S. The van der Waals surface area contributed by atoms with E-state index in [2.05, 4.69) is 10.3 Å². The predicted octanol–water partition coefficient (Wildman–Crippen LogP) is 2.44. The summed E-state index contributed by atoms with van der Waals surface area (Å²) in [6.45, 7) is 1.81. The van der Waals surface area contributed by atoms with Crippen LogP contribution in [0.4, 0.5) is 5.69 Å². The molecule has 0 bridgehead atoms. The number of nitrogens with two attached hydrogens (primary N) is 1. The van der Waals surface area contributed by atoms with Crippen LogP contribution in [0.1, 0.15) is 16.1 Å². The van der Waals surface area contributed by atoms with Crippen LogP contribution in [-0.2, 0) is 10.0 Å². The normalized spacial score (nSPS) is 11.4. The molecule has 3 aromatic rings. The largest absolute Gasteiger partial charge is 0.322 e. The van der Waals surface area contributed by atoms with E-state index in [1.807, 2.05) is 31.2 Å². The number of amides is 1. The van der Waals surface area contributed by atoms with Gasteiger partial charge < -0.3 is 5.32 Å². The molecular weight excluding hydrogens is 326 g/mol. The van der Waals surface area contributed by atoms with Gasteiger partial charge in [0, 0.05) is 16.8 Å². The zero-order valence-corrected chi connectivity index (χ0v) is 13.7. The maximum Gasteiger partial charge on any atom is 0.256 e. The third-order valence-corrected chi connectivity index (χ3v) is 4.42. The summed E-state index contributed by atoms with van der Waals surface area (Å²) in [5, 5.41) is 8.54. The number of benzene rings is 2. The van der Waals surface area contributed by atoms with Crippen LogP contribution in [0.5, 0.6) is 0 Å². The van der Waals surface area contributed by atoms with Crippen molar-refractivity contribution in [1.82, 2.24) is 4.98 Å². The number of hydrogen-bond acceptors (Lipinski definition) is 4. The van der Waals surface area contributed by atoms with Gasteiger partial charge in [-0.1, -0.05) is 24.3 Å². The fourth-order valence-corrected chi connectivity index (χ4v) is 3.00. The molecule has 0 saturated heterocycles. The molecule has 7 heteroatoms.